The van der Waals surface area contributed by atoms with Crippen LogP contribution < -0.4 is 0 Å². The fraction of sp³-hybridized carbons (Fsp3) is 0.391. The van der Waals surface area contributed by atoms with Crippen LogP contribution >= 0.6 is 11.6 Å². The summed E-state index contributed by atoms with van der Waals surface area (Å²) in [6.07, 6.45) is 1.23. The molecule has 1 atom stereocenters. The monoisotopic (exact) mass is 412 g/mol. The van der Waals surface area contributed by atoms with Crippen molar-refractivity contribution in [3.05, 3.63) is 70.7 Å². The normalized spacial score (nSPS) is 21.4. The molecule has 4 rings (SSSR count). The maximum atomic E-state index is 13.0. The van der Waals surface area contributed by atoms with Gasteiger partial charge >= 0.3 is 0 Å². The van der Waals surface area contributed by atoms with Crippen molar-refractivity contribution >= 4 is 23.4 Å². The number of amides is 2. The molecule has 2 aromatic rings. The standard InChI is InChI=1S/C23H25ClN2O3/c24-20-8-6-19(7-9-20)23(29)10-12-25(13-11-23)22(28)18-14-21(27)26(16-18)15-17-4-2-1-3-5-17/h1-9,18,29H,10-16H2/t18-/m1/s1. The Hall–Kier alpha value is -2.37. The zero-order valence-electron chi connectivity index (χ0n) is 16.3. The molecular formula is C23H25ClN2O3. The molecule has 2 aliphatic rings. The lowest BCUT2D eigenvalue weighted by atomic mass is 9.84. The number of carbonyl (C=O) groups is 2. The number of benzene rings is 2. The highest BCUT2D eigenvalue weighted by atomic mass is 35.5. The Labute approximate surface area is 175 Å². The van der Waals surface area contributed by atoms with E-state index >= 15 is 0 Å². The van der Waals surface area contributed by atoms with E-state index in [1.165, 1.54) is 0 Å². The minimum absolute atomic E-state index is 0.0204. The number of carbonyl (C=O) groups excluding carboxylic acids is 2. The summed E-state index contributed by atoms with van der Waals surface area (Å²) in [4.78, 5) is 29.0. The Balaban J connectivity index is 1.35. The van der Waals surface area contributed by atoms with Crippen molar-refractivity contribution in [1.82, 2.24) is 9.80 Å². The van der Waals surface area contributed by atoms with Crippen molar-refractivity contribution in [2.45, 2.75) is 31.4 Å². The van der Waals surface area contributed by atoms with Crippen LogP contribution in [0.3, 0.4) is 0 Å². The van der Waals surface area contributed by atoms with Gasteiger partial charge in [0.25, 0.3) is 0 Å². The molecule has 2 fully saturated rings. The molecular weight excluding hydrogens is 388 g/mol. The minimum Gasteiger partial charge on any atom is -0.385 e. The van der Waals surface area contributed by atoms with Crippen LogP contribution in [0.5, 0.6) is 0 Å². The molecule has 0 bridgehead atoms. The predicted octanol–water partition coefficient (Wildman–Crippen LogP) is 3.20. The Bertz CT molecular complexity index is 877. The van der Waals surface area contributed by atoms with Gasteiger partial charge in [0.1, 0.15) is 0 Å². The van der Waals surface area contributed by atoms with Gasteiger partial charge in [0.15, 0.2) is 0 Å². The molecule has 0 spiro atoms. The first kappa shape index (κ1) is 19.9. The van der Waals surface area contributed by atoms with Gasteiger partial charge < -0.3 is 14.9 Å². The molecule has 6 heteroatoms. The topological polar surface area (TPSA) is 60.9 Å². The van der Waals surface area contributed by atoms with Crippen molar-refractivity contribution in [2.24, 2.45) is 5.92 Å². The van der Waals surface area contributed by atoms with E-state index in [-0.39, 0.29) is 24.2 Å². The summed E-state index contributed by atoms with van der Waals surface area (Å²) in [7, 11) is 0. The molecule has 0 aromatic heterocycles. The molecule has 0 saturated carbocycles. The highest BCUT2D eigenvalue weighted by Gasteiger charge is 2.40. The summed E-state index contributed by atoms with van der Waals surface area (Å²) < 4.78 is 0. The summed E-state index contributed by atoms with van der Waals surface area (Å²) in [5.74, 6) is -0.248. The van der Waals surface area contributed by atoms with Crippen molar-refractivity contribution in [1.29, 1.82) is 0 Å². The fourth-order valence-electron chi connectivity index (χ4n) is 4.30. The molecule has 2 amide bonds. The molecule has 29 heavy (non-hydrogen) atoms. The first-order valence-corrected chi connectivity index (χ1v) is 10.4. The van der Waals surface area contributed by atoms with Gasteiger partial charge in [-0.1, -0.05) is 54.1 Å². The van der Waals surface area contributed by atoms with E-state index in [9.17, 15) is 14.7 Å². The molecule has 0 radical (unpaired) electrons. The molecule has 1 N–H and O–H groups in total. The molecule has 152 valence electrons. The summed E-state index contributed by atoms with van der Waals surface area (Å²) in [5.41, 5.74) is 0.964. The molecule has 5 nitrogen and oxygen atoms in total. The van der Waals surface area contributed by atoms with Crippen LogP contribution in [-0.2, 0) is 21.7 Å². The summed E-state index contributed by atoms with van der Waals surface area (Å²) in [6, 6.07) is 17.1. The van der Waals surface area contributed by atoms with Gasteiger partial charge in [-0.3, -0.25) is 9.59 Å². The number of hydrogen-bond acceptors (Lipinski definition) is 3. The van der Waals surface area contributed by atoms with Crippen LogP contribution in [0.15, 0.2) is 54.6 Å². The lowest BCUT2D eigenvalue weighted by Gasteiger charge is -2.39. The summed E-state index contributed by atoms with van der Waals surface area (Å²) in [6.45, 7) is 1.98. The van der Waals surface area contributed by atoms with Gasteiger partial charge in [0.05, 0.1) is 11.5 Å². The number of nitrogens with zero attached hydrogens (tertiary/aromatic N) is 2. The van der Waals surface area contributed by atoms with Crippen LogP contribution in [-0.4, -0.2) is 46.4 Å². The molecule has 2 saturated heterocycles. The van der Waals surface area contributed by atoms with Gasteiger partial charge in [-0.05, 0) is 36.1 Å². The Morgan fingerprint density at radius 2 is 1.72 bits per heavy atom. The van der Waals surface area contributed by atoms with Crippen molar-refractivity contribution in [2.75, 3.05) is 19.6 Å². The van der Waals surface area contributed by atoms with Crippen LogP contribution in [0, 0.1) is 5.92 Å². The maximum absolute atomic E-state index is 13.0. The summed E-state index contributed by atoms with van der Waals surface area (Å²) in [5, 5.41) is 11.6. The Kier molecular flexibility index (Phi) is 5.61. The van der Waals surface area contributed by atoms with Crippen LogP contribution in [0.25, 0.3) is 0 Å². The Morgan fingerprint density at radius 1 is 1.07 bits per heavy atom. The minimum atomic E-state index is -0.938. The highest BCUT2D eigenvalue weighted by Crippen LogP contribution is 2.34. The molecule has 0 unspecified atom stereocenters. The van der Waals surface area contributed by atoms with Crippen molar-refractivity contribution in [3.8, 4) is 0 Å². The van der Waals surface area contributed by atoms with E-state index < -0.39 is 5.60 Å². The zero-order valence-corrected chi connectivity index (χ0v) is 17.0. The number of piperidine rings is 1. The van der Waals surface area contributed by atoms with Gasteiger partial charge in [-0.15, -0.1) is 0 Å². The van der Waals surface area contributed by atoms with Crippen LogP contribution in [0.4, 0.5) is 0 Å². The summed E-state index contributed by atoms with van der Waals surface area (Å²) >= 11 is 5.94. The number of hydrogen-bond donors (Lipinski definition) is 1. The van der Waals surface area contributed by atoms with E-state index in [1.807, 2.05) is 42.5 Å². The lowest BCUT2D eigenvalue weighted by Crippen LogP contribution is -2.47. The van der Waals surface area contributed by atoms with E-state index in [0.29, 0.717) is 44.0 Å². The number of likely N-dealkylation sites (tertiary alicyclic amines) is 2. The second kappa shape index (κ2) is 8.17. The lowest BCUT2D eigenvalue weighted by molar-refractivity contribution is -0.140. The SMILES string of the molecule is O=C1C[C@@H](C(=O)N2CCC(O)(c3ccc(Cl)cc3)CC2)CN1Cc1ccccc1. The predicted molar refractivity (Wildman–Crippen MR) is 111 cm³/mol. The zero-order chi connectivity index (χ0) is 20.4. The molecule has 0 aliphatic carbocycles. The number of aliphatic hydroxyl groups is 1. The third-order valence-corrected chi connectivity index (χ3v) is 6.32. The maximum Gasteiger partial charge on any atom is 0.227 e. The average molecular weight is 413 g/mol. The van der Waals surface area contributed by atoms with Gasteiger partial charge in [0.2, 0.25) is 11.8 Å². The van der Waals surface area contributed by atoms with E-state index in [0.717, 1.165) is 11.1 Å². The van der Waals surface area contributed by atoms with Gasteiger partial charge in [0, 0.05) is 37.6 Å². The third kappa shape index (κ3) is 4.31. The van der Waals surface area contributed by atoms with Crippen LogP contribution in [0.1, 0.15) is 30.4 Å². The van der Waals surface area contributed by atoms with E-state index in [1.54, 1.807) is 21.9 Å². The fourth-order valence-corrected chi connectivity index (χ4v) is 4.42. The molecule has 2 aromatic carbocycles. The Morgan fingerprint density at radius 3 is 2.38 bits per heavy atom. The van der Waals surface area contributed by atoms with Gasteiger partial charge in [-0.2, -0.15) is 0 Å². The first-order chi connectivity index (χ1) is 13.9. The second-order valence-electron chi connectivity index (χ2n) is 8.02. The van der Waals surface area contributed by atoms with Crippen LogP contribution in [0.2, 0.25) is 5.02 Å². The average Bonchev–Trinajstić information content (AvgIpc) is 3.09. The van der Waals surface area contributed by atoms with E-state index in [2.05, 4.69) is 0 Å². The van der Waals surface area contributed by atoms with Crippen molar-refractivity contribution in [3.63, 3.8) is 0 Å². The van der Waals surface area contributed by atoms with E-state index in [4.69, 9.17) is 11.6 Å². The number of halogens is 1. The largest absolute Gasteiger partial charge is 0.385 e. The van der Waals surface area contributed by atoms with Crippen molar-refractivity contribution < 1.29 is 14.7 Å². The smallest absolute Gasteiger partial charge is 0.227 e. The molecule has 2 heterocycles. The number of rotatable bonds is 4. The molecule has 2 aliphatic heterocycles. The third-order valence-electron chi connectivity index (χ3n) is 6.06. The first-order valence-electron chi connectivity index (χ1n) is 10.0. The quantitative estimate of drug-likeness (QED) is 0.838. The highest BCUT2D eigenvalue weighted by molar-refractivity contribution is 6.30. The van der Waals surface area contributed by atoms with Gasteiger partial charge in [-0.25, -0.2) is 0 Å². The second-order valence-corrected chi connectivity index (χ2v) is 8.46.